The molecule has 0 unspecified atom stereocenters. The number of rotatable bonds is 4. The molecule has 0 saturated carbocycles. The number of allylic oxidation sites excluding steroid dienone is 1. The van der Waals surface area contributed by atoms with Gasteiger partial charge in [-0.1, -0.05) is 59.9 Å². The Balaban J connectivity index is 1.37. The average Bonchev–Trinajstić information content (AvgIpc) is 3.57. The Labute approximate surface area is 230 Å². The number of nitrogens with zero attached hydrogens (tertiary/aromatic N) is 3. The zero-order valence-corrected chi connectivity index (χ0v) is 21.7. The minimum absolute atomic E-state index is 0.0323. The molecule has 2 aromatic heterocycles. The topological polar surface area (TPSA) is 90.6 Å². The lowest BCUT2D eigenvalue weighted by Crippen LogP contribution is -2.38. The molecule has 1 atom stereocenters. The van der Waals surface area contributed by atoms with E-state index in [1.54, 1.807) is 47.0 Å². The van der Waals surface area contributed by atoms with E-state index >= 15 is 0 Å². The van der Waals surface area contributed by atoms with Gasteiger partial charge in [-0.25, -0.2) is 9.38 Å². The summed E-state index contributed by atoms with van der Waals surface area (Å²) in [5.74, 6) is 0.565. The molecule has 40 heavy (non-hydrogen) atoms. The summed E-state index contributed by atoms with van der Waals surface area (Å²) < 4.78 is 21.9. The van der Waals surface area contributed by atoms with Crippen LogP contribution in [0.25, 0.3) is 23.1 Å². The van der Waals surface area contributed by atoms with Crippen molar-refractivity contribution in [1.82, 2.24) is 4.57 Å². The van der Waals surface area contributed by atoms with Crippen LogP contribution in [0.1, 0.15) is 34.9 Å². The lowest BCUT2D eigenvalue weighted by molar-refractivity contribution is -0.384. The first-order valence-electron chi connectivity index (χ1n) is 12.7. The Kier molecular flexibility index (Phi) is 5.67. The maximum atomic E-state index is 13.9. The zero-order valence-electron chi connectivity index (χ0n) is 20.9. The number of aryl methyl sites for hydroxylation is 1. The molecule has 1 aliphatic heterocycles. The van der Waals surface area contributed by atoms with Gasteiger partial charge in [-0.15, -0.1) is 0 Å². The Hall–Kier alpha value is -4.89. The lowest BCUT2D eigenvalue weighted by Gasteiger charge is -2.30. The van der Waals surface area contributed by atoms with Gasteiger partial charge in [0.25, 0.3) is 11.2 Å². The fraction of sp³-hybridized carbons (Fsp3) is 0.0968. The van der Waals surface area contributed by atoms with E-state index in [0.717, 1.165) is 35.2 Å². The second-order valence-electron chi connectivity index (χ2n) is 9.67. The third kappa shape index (κ3) is 4.02. The Morgan fingerprint density at radius 1 is 1.02 bits per heavy atom. The van der Waals surface area contributed by atoms with Gasteiger partial charge < -0.3 is 4.42 Å². The molecule has 9 heteroatoms. The van der Waals surface area contributed by atoms with Crippen LogP contribution in [0.15, 0.2) is 105 Å². The first-order chi connectivity index (χ1) is 19.5. The highest BCUT2D eigenvalue weighted by Gasteiger charge is 2.32. The number of non-ortho nitro benzene ring substituents is 1. The quantitative estimate of drug-likeness (QED) is 0.215. The molecular weight excluding hydrogens is 529 g/mol. The standard InChI is InChI=1S/C31H20FN3O4S/c32-21-11-8-19(9-12-21)29-25-14-10-18-4-1-2-7-24(18)28(25)33-31-34(29)30(36)27(40-31)17-23-13-15-26(39-23)20-5-3-6-22(16-20)35(37)38/h1-9,11-13,15-17,29H,10,14H2/b27-17+/t29-/m0/s1. The molecule has 0 bridgehead atoms. The third-order valence-electron chi connectivity index (χ3n) is 7.30. The molecule has 3 aromatic carbocycles. The van der Waals surface area contributed by atoms with Crippen LogP contribution in [-0.4, -0.2) is 9.49 Å². The number of hydrogen-bond acceptors (Lipinski definition) is 6. The number of fused-ring (bicyclic) bond motifs is 3. The largest absolute Gasteiger partial charge is 0.457 e. The number of benzene rings is 3. The van der Waals surface area contributed by atoms with Crippen molar-refractivity contribution in [2.24, 2.45) is 4.99 Å². The highest BCUT2D eigenvalue weighted by atomic mass is 32.1. The van der Waals surface area contributed by atoms with Gasteiger partial charge in [-0.05, 0) is 53.8 Å². The van der Waals surface area contributed by atoms with Crippen molar-refractivity contribution < 1.29 is 13.7 Å². The summed E-state index contributed by atoms with van der Waals surface area (Å²) in [6.07, 6.45) is 3.25. The van der Waals surface area contributed by atoms with Crippen LogP contribution in [0.3, 0.4) is 0 Å². The van der Waals surface area contributed by atoms with Crippen LogP contribution in [0.4, 0.5) is 10.1 Å². The van der Waals surface area contributed by atoms with Gasteiger partial charge in [0.1, 0.15) is 17.3 Å². The number of nitro benzene ring substituents is 1. The van der Waals surface area contributed by atoms with E-state index in [9.17, 15) is 19.3 Å². The van der Waals surface area contributed by atoms with Crippen LogP contribution in [0.2, 0.25) is 0 Å². The molecule has 196 valence electrons. The summed E-state index contributed by atoms with van der Waals surface area (Å²) >= 11 is 1.27. The first kappa shape index (κ1) is 24.2. The van der Waals surface area contributed by atoms with Crippen LogP contribution < -0.4 is 14.9 Å². The fourth-order valence-electron chi connectivity index (χ4n) is 5.45. The second-order valence-corrected chi connectivity index (χ2v) is 10.7. The third-order valence-corrected chi connectivity index (χ3v) is 8.28. The van der Waals surface area contributed by atoms with Crippen molar-refractivity contribution in [3.63, 3.8) is 0 Å². The van der Waals surface area contributed by atoms with E-state index in [1.807, 2.05) is 12.1 Å². The normalized spacial score (nSPS) is 16.2. The molecular formula is C31H20FN3O4S. The minimum atomic E-state index is -0.455. The van der Waals surface area contributed by atoms with Crippen molar-refractivity contribution in [2.75, 3.05) is 0 Å². The molecule has 0 fully saturated rings. The van der Waals surface area contributed by atoms with Crippen LogP contribution >= 0.6 is 11.3 Å². The molecule has 1 aliphatic carbocycles. The van der Waals surface area contributed by atoms with Crippen LogP contribution in [0.5, 0.6) is 0 Å². The maximum absolute atomic E-state index is 13.9. The summed E-state index contributed by atoms with van der Waals surface area (Å²) in [6, 6.07) is 23.7. The van der Waals surface area contributed by atoms with Crippen molar-refractivity contribution in [3.8, 4) is 11.3 Å². The van der Waals surface area contributed by atoms with Crippen LogP contribution in [-0.2, 0) is 6.42 Å². The number of furan rings is 1. The molecule has 7 nitrogen and oxygen atoms in total. The highest BCUT2D eigenvalue weighted by Crippen LogP contribution is 2.41. The molecule has 0 N–H and O–H groups in total. The fourth-order valence-corrected chi connectivity index (χ4v) is 6.44. The molecule has 0 amide bonds. The summed E-state index contributed by atoms with van der Waals surface area (Å²) in [7, 11) is 0. The predicted molar refractivity (Wildman–Crippen MR) is 150 cm³/mol. The number of aromatic nitrogens is 1. The predicted octanol–water partition coefficient (Wildman–Crippen LogP) is 5.63. The summed E-state index contributed by atoms with van der Waals surface area (Å²) in [5, 5.41) is 11.2. The molecule has 0 saturated heterocycles. The molecule has 0 spiro atoms. The first-order valence-corrected chi connectivity index (χ1v) is 13.5. The van der Waals surface area contributed by atoms with E-state index in [1.165, 1.54) is 41.2 Å². The van der Waals surface area contributed by atoms with Gasteiger partial charge in [0.15, 0.2) is 4.80 Å². The molecule has 3 heterocycles. The molecule has 0 radical (unpaired) electrons. The zero-order chi connectivity index (χ0) is 27.4. The van der Waals surface area contributed by atoms with Crippen molar-refractivity contribution in [1.29, 1.82) is 0 Å². The van der Waals surface area contributed by atoms with Crippen molar-refractivity contribution in [2.45, 2.75) is 18.9 Å². The minimum Gasteiger partial charge on any atom is -0.457 e. The van der Waals surface area contributed by atoms with E-state index in [4.69, 9.17) is 9.41 Å². The Morgan fingerprint density at radius 3 is 2.67 bits per heavy atom. The van der Waals surface area contributed by atoms with Gasteiger partial charge in [-0.2, -0.15) is 0 Å². The second kappa shape index (κ2) is 9.39. The Bertz CT molecular complexity index is 2040. The maximum Gasteiger partial charge on any atom is 0.271 e. The van der Waals surface area contributed by atoms with E-state index in [2.05, 4.69) is 12.1 Å². The Morgan fingerprint density at radius 2 is 1.85 bits per heavy atom. The van der Waals surface area contributed by atoms with Crippen molar-refractivity contribution >= 4 is 28.8 Å². The smallest absolute Gasteiger partial charge is 0.271 e. The van der Waals surface area contributed by atoms with Gasteiger partial charge in [-0.3, -0.25) is 19.5 Å². The number of thiazole rings is 1. The molecule has 7 rings (SSSR count). The summed E-state index contributed by atoms with van der Waals surface area (Å²) in [4.78, 5) is 30.1. The number of nitro groups is 1. The highest BCUT2D eigenvalue weighted by molar-refractivity contribution is 7.07. The molecule has 2 aliphatic rings. The number of hydrogen-bond donors (Lipinski definition) is 0. The SMILES string of the molecule is O=c1/c(=C\c2ccc(-c3cccc([N+](=O)[O-])c3)o2)sc2n1[C@@H](c1ccc(F)cc1)C1=C(N=2)c2ccccc2CC1. The van der Waals surface area contributed by atoms with E-state index < -0.39 is 11.0 Å². The lowest BCUT2D eigenvalue weighted by atomic mass is 9.83. The van der Waals surface area contributed by atoms with Gasteiger partial charge in [0, 0.05) is 29.3 Å². The van der Waals surface area contributed by atoms with E-state index in [0.29, 0.717) is 26.4 Å². The van der Waals surface area contributed by atoms with Gasteiger partial charge in [0.2, 0.25) is 0 Å². The monoisotopic (exact) mass is 549 g/mol. The summed E-state index contributed by atoms with van der Waals surface area (Å²) in [6.45, 7) is 0. The molecule has 5 aromatic rings. The van der Waals surface area contributed by atoms with Crippen LogP contribution in [0, 0.1) is 15.9 Å². The van der Waals surface area contributed by atoms with E-state index in [-0.39, 0.29) is 17.1 Å². The van der Waals surface area contributed by atoms with Gasteiger partial charge in [0.05, 0.1) is 21.2 Å². The number of halogens is 1. The van der Waals surface area contributed by atoms with Crippen molar-refractivity contribution in [3.05, 3.63) is 149 Å². The van der Waals surface area contributed by atoms with Gasteiger partial charge >= 0.3 is 0 Å². The average molecular weight is 550 g/mol. The summed E-state index contributed by atoms with van der Waals surface area (Å²) in [5.41, 5.74) is 5.32.